The van der Waals surface area contributed by atoms with Gasteiger partial charge in [-0.1, -0.05) is 11.5 Å². The molecular weight excluding hydrogens is 358 g/mol. The summed E-state index contributed by atoms with van der Waals surface area (Å²) < 4.78 is 0. The zero-order valence-corrected chi connectivity index (χ0v) is 14.3. The molecule has 13 heteroatoms. The molecule has 0 aliphatic rings. The van der Waals surface area contributed by atoms with Crippen LogP contribution >= 0.6 is 12.4 Å². The molecule has 0 aromatic heterocycles. The van der Waals surface area contributed by atoms with Crippen molar-refractivity contribution in [3.8, 4) is 0 Å². The Balaban J connectivity index is 0. The van der Waals surface area contributed by atoms with Crippen molar-refractivity contribution in [2.75, 3.05) is 26.2 Å². The Morgan fingerprint density at radius 3 is 2.24 bits per heavy atom. The van der Waals surface area contributed by atoms with Crippen LogP contribution in [-0.4, -0.2) is 61.0 Å². The van der Waals surface area contributed by atoms with Crippen molar-refractivity contribution in [1.29, 1.82) is 0 Å². The van der Waals surface area contributed by atoms with Crippen LogP contribution < -0.4 is 21.7 Å². The zero-order chi connectivity index (χ0) is 18.4. The summed E-state index contributed by atoms with van der Waals surface area (Å²) in [4.78, 5) is 47.5. The maximum absolute atomic E-state index is 11.6. The van der Waals surface area contributed by atoms with Crippen molar-refractivity contribution in [3.63, 3.8) is 0 Å². The number of aliphatic carboxylic acids is 1. The normalized spacial score (nSPS) is 10.4. The first-order valence-electron chi connectivity index (χ1n) is 7.17. The number of nitrogens with two attached hydrogens (primary N) is 1. The standard InChI is InChI=1S/C12H21N7O5.ClH/c13-5-9(20)15-6-10(21)16-7-11(22)18-8(12(23)24)3-1-2-4-17-19-14;/h8H,1-7,13H2,(H,15,20)(H,16,21)(H,18,22)(H,23,24);1H/t8-;/m0./s1. The topological polar surface area (TPSA) is 199 Å². The minimum atomic E-state index is -1.20. The van der Waals surface area contributed by atoms with E-state index < -0.39 is 36.3 Å². The molecular formula is C12H22ClN7O5. The molecule has 0 aliphatic carbocycles. The average Bonchev–Trinajstić information content (AvgIpc) is 2.56. The Hall–Kier alpha value is -2.56. The molecule has 0 saturated carbocycles. The highest BCUT2D eigenvalue weighted by Gasteiger charge is 2.19. The van der Waals surface area contributed by atoms with Gasteiger partial charge >= 0.3 is 5.97 Å². The third kappa shape index (κ3) is 13.6. The minimum absolute atomic E-state index is 0. The number of halogens is 1. The molecule has 0 heterocycles. The third-order valence-corrected chi connectivity index (χ3v) is 2.78. The maximum Gasteiger partial charge on any atom is 0.326 e. The van der Waals surface area contributed by atoms with E-state index in [4.69, 9.17) is 16.4 Å². The van der Waals surface area contributed by atoms with Crippen molar-refractivity contribution in [3.05, 3.63) is 10.4 Å². The fraction of sp³-hybridized carbons (Fsp3) is 0.667. The Morgan fingerprint density at radius 2 is 1.68 bits per heavy atom. The number of unbranched alkanes of at least 4 members (excludes halogenated alkanes) is 1. The molecule has 0 spiro atoms. The summed E-state index contributed by atoms with van der Waals surface area (Å²) in [5, 5.41) is 19.1. The lowest BCUT2D eigenvalue weighted by atomic mass is 10.1. The molecule has 0 bridgehead atoms. The Morgan fingerprint density at radius 1 is 1.08 bits per heavy atom. The van der Waals surface area contributed by atoms with Crippen molar-refractivity contribution < 1.29 is 24.3 Å². The summed E-state index contributed by atoms with van der Waals surface area (Å²) in [5.74, 6) is -2.99. The van der Waals surface area contributed by atoms with Gasteiger partial charge in [-0.2, -0.15) is 0 Å². The van der Waals surface area contributed by atoms with Crippen LogP contribution in [0, 0.1) is 0 Å². The molecule has 0 aliphatic heterocycles. The van der Waals surface area contributed by atoms with E-state index in [-0.39, 0.29) is 38.5 Å². The van der Waals surface area contributed by atoms with Crippen molar-refractivity contribution >= 4 is 36.1 Å². The molecule has 142 valence electrons. The van der Waals surface area contributed by atoms with E-state index in [0.717, 1.165) is 0 Å². The van der Waals surface area contributed by atoms with Crippen LogP contribution in [0.15, 0.2) is 5.11 Å². The Labute approximate surface area is 149 Å². The number of azide groups is 1. The lowest BCUT2D eigenvalue weighted by Crippen LogP contribution is -2.47. The average molecular weight is 380 g/mol. The predicted octanol–water partition coefficient (Wildman–Crippen LogP) is -1.35. The molecule has 0 unspecified atom stereocenters. The third-order valence-electron chi connectivity index (χ3n) is 2.78. The summed E-state index contributed by atoms with van der Waals surface area (Å²) in [6.07, 6.45) is 1.12. The summed E-state index contributed by atoms with van der Waals surface area (Å²) in [7, 11) is 0. The van der Waals surface area contributed by atoms with Crippen LogP contribution in [0.1, 0.15) is 19.3 Å². The van der Waals surface area contributed by atoms with Gasteiger partial charge in [0.1, 0.15) is 6.04 Å². The van der Waals surface area contributed by atoms with Gasteiger partial charge in [-0.15, -0.1) is 12.4 Å². The monoisotopic (exact) mass is 379 g/mol. The van der Waals surface area contributed by atoms with Crippen LogP contribution in [0.3, 0.4) is 0 Å². The highest BCUT2D eigenvalue weighted by molar-refractivity contribution is 5.90. The first-order valence-corrected chi connectivity index (χ1v) is 7.17. The number of amides is 3. The first-order chi connectivity index (χ1) is 11.4. The van der Waals surface area contributed by atoms with Crippen molar-refractivity contribution in [2.45, 2.75) is 25.3 Å². The number of carboxylic acid groups (broad SMARTS) is 1. The Bertz CT molecular complexity index is 510. The smallest absolute Gasteiger partial charge is 0.326 e. The van der Waals surface area contributed by atoms with Crippen molar-refractivity contribution in [1.82, 2.24) is 16.0 Å². The molecule has 0 fully saturated rings. The van der Waals surface area contributed by atoms with Crippen LogP contribution in [-0.2, 0) is 19.2 Å². The van der Waals surface area contributed by atoms with Gasteiger partial charge in [0.15, 0.2) is 0 Å². The molecule has 0 aromatic carbocycles. The highest BCUT2D eigenvalue weighted by atomic mass is 35.5. The lowest BCUT2D eigenvalue weighted by molar-refractivity contribution is -0.142. The summed E-state index contributed by atoms with van der Waals surface area (Å²) in [5.41, 5.74) is 13.2. The second-order valence-electron chi connectivity index (χ2n) is 4.67. The molecule has 0 aromatic rings. The molecule has 0 radical (unpaired) electrons. The maximum atomic E-state index is 11.6. The van der Waals surface area contributed by atoms with Gasteiger partial charge in [-0.25, -0.2) is 4.79 Å². The van der Waals surface area contributed by atoms with E-state index in [1.165, 1.54) is 0 Å². The van der Waals surface area contributed by atoms with Gasteiger partial charge in [0.05, 0.1) is 19.6 Å². The van der Waals surface area contributed by atoms with Gasteiger partial charge in [0.25, 0.3) is 0 Å². The largest absolute Gasteiger partial charge is 0.480 e. The zero-order valence-electron chi connectivity index (χ0n) is 13.4. The van der Waals surface area contributed by atoms with Crippen LogP contribution in [0.25, 0.3) is 10.4 Å². The van der Waals surface area contributed by atoms with E-state index in [1.807, 2.05) is 0 Å². The molecule has 1 atom stereocenters. The first kappa shape index (κ1) is 24.7. The van der Waals surface area contributed by atoms with E-state index in [1.54, 1.807) is 0 Å². The second-order valence-corrected chi connectivity index (χ2v) is 4.67. The summed E-state index contributed by atoms with van der Waals surface area (Å²) in [6, 6.07) is -1.10. The number of hydrogen-bond donors (Lipinski definition) is 5. The van der Waals surface area contributed by atoms with Crippen molar-refractivity contribution in [2.24, 2.45) is 10.8 Å². The quantitative estimate of drug-likeness (QED) is 0.120. The second kappa shape index (κ2) is 15.0. The SMILES string of the molecule is Cl.[N-]=[N+]=NCCCC[C@H](NC(=O)CNC(=O)CNC(=O)CN)C(=O)O. The van der Waals surface area contributed by atoms with Gasteiger partial charge < -0.3 is 26.8 Å². The molecule has 6 N–H and O–H groups in total. The van der Waals surface area contributed by atoms with Gasteiger partial charge in [-0.3, -0.25) is 14.4 Å². The molecule has 12 nitrogen and oxygen atoms in total. The van der Waals surface area contributed by atoms with Gasteiger partial charge in [0, 0.05) is 11.5 Å². The number of carbonyl (C=O) groups is 4. The lowest BCUT2D eigenvalue weighted by Gasteiger charge is -2.14. The van der Waals surface area contributed by atoms with Gasteiger partial charge in [-0.05, 0) is 18.4 Å². The van der Waals surface area contributed by atoms with Crippen LogP contribution in [0.2, 0.25) is 0 Å². The predicted molar refractivity (Wildman–Crippen MR) is 89.8 cm³/mol. The van der Waals surface area contributed by atoms with E-state index in [0.29, 0.717) is 12.8 Å². The number of hydrogen-bond acceptors (Lipinski definition) is 6. The highest BCUT2D eigenvalue weighted by Crippen LogP contribution is 2.02. The number of nitrogens with one attached hydrogen (secondary N) is 3. The van der Waals surface area contributed by atoms with E-state index >= 15 is 0 Å². The van der Waals surface area contributed by atoms with Crippen LogP contribution in [0.5, 0.6) is 0 Å². The van der Waals surface area contributed by atoms with E-state index in [2.05, 4.69) is 26.0 Å². The number of carboxylic acids is 1. The fourth-order valence-corrected chi connectivity index (χ4v) is 1.57. The Kier molecular flexibility index (Phi) is 14.8. The number of rotatable bonds is 12. The molecule has 3 amide bonds. The summed E-state index contributed by atoms with van der Waals surface area (Å²) in [6.45, 7) is -0.750. The minimum Gasteiger partial charge on any atom is -0.480 e. The number of carbonyl (C=O) groups excluding carboxylic acids is 3. The fourth-order valence-electron chi connectivity index (χ4n) is 1.57. The van der Waals surface area contributed by atoms with Crippen LogP contribution in [0.4, 0.5) is 0 Å². The molecule has 25 heavy (non-hydrogen) atoms. The van der Waals surface area contributed by atoms with E-state index in [9.17, 15) is 19.2 Å². The molecule has 0 saturated heterocycles. The molecule has 0 rings (SSSR count). The number of nitrogens with zero attached hydrogens (tertiary/aromatic N) is 3. The summed E-state index contributed by atoms with van der Waals surface area (Å²) >= 11 is 0. The van der Waals surface area contributed by atoms with Gasteiger partial charge in [0.2, 0.25) is 17.7 Å².